The Labute approximate surface area is 188 Å². The molecule has 0 amide bonds. The third kappa shape index (κ3) is 3.10. The molecule has 4 aliphatic rings. The zero-order valence-corrected chi connectivity index (χ0v) is 20.6. The van der Waals surface area contributed by atoms with Gasteiger partial charge < -0.3 is 14.6 Å². The molecule has 4 rings (SSSR count). The molecule has 9 atom stereocenters. The highest BCUT2D eigenvalue weighted by Gasteiger charge is 2.70. The summed E-state index contributed by atoms with van der Waals surface area (Å²) in [5, 5.41) is 11.8. The number of aliphatic hydroxyl groups is 1. The van der Waals surface area contributed by atoms with Gasteiger partial charge in [-0.1, -0.05) is 29.8 Å². The standard InChI is InChI=1S/C24H37BrO5/c1-14(26)29-16-8-11-22(4)19-9-10-21(3)18(6-7-20(21)30-15(2)27)17(19)13-23(5,28)24(22,25)12-16/h16-20,28H,6-13H2,1-5H3/t16-,17-,18-,19-,20-,21-,22+,23+,24+/m0/s1. The molecule has 30 heavy (non-hydrogen) atoms. The first-order valence-corrected chi connectivity index (χ1v) is 12.4. The van der Waals surface area contributed by atoms with E-state index in [9.17, 15) is 14.7 Å². The molecule has 0 heterocycles. The fourth-order valence-corrected chi connectivity index (χ4v) is 9.30. The Kier molecular flexibility index (Phi) is 5.41. The van der Waals surface area contributed by atoms with Crippen LogP contribution >= 0.6 is 15.9 Å². The van der Waals surface area contributed by atoms with Gasteiger partial charge in [-0.05, 0) is 75.0 Å². The van der Waals surface area contributed by atoms with Gasteiger partial charge in [0.1, 0.15) is 12.2 Å². The lowest BCUT2D eigenvalue weighted by Crippen LogP contribution is -2.70. The largest absolute Gasteiger partial charge is 0.463 e. The first kappa shape index (κ1) is 22.6. The predicted octanol–water partition coefficient (Wildman–Crippen LogP) is 4.77. The smallest absolute Gasteiger partial charge is 0.302 e. The SMILES string of the molecule is CC(=O)O[C@H]1CC[C@]2(C)[C@H]3CC[C@]4(C)[C@@H](OC(C)=O)CC[C@H]4[C@@H]3C[C@@](C)(O)[C@@]2(Br)C1. The van der Waals surface area contributed by atoms with Crippen molar-refractivity contribution in [2.75, 3.05) is 0 Å². The molecule has 0 aromatic carbocycles. The van der Waals surface area contributed by atoms with Crippen LogP contribution in [0.4, 0.5) is 0 Å². The van der Waals surface area contributed by atoms with Gasteiger partial charge in [-0.2, -0.15) is 0 Å². The van der Waals surface area contributed by atoms with E-state index >= 15 is 0 Å². The van der Waals surface area contributed by atoms with Crippen molar-refractivity contribution in [3.63, 3.8) is 0 Å². The maximum absolute atomic E-state index is 11.8. The summed E-state index contributed by atoms with van der Waals surface area (Å²) in [6.45, 7) is 9.59. The highest BCUT2D eigenvalue weighted by atomic mass is 79.9. The zero-order chi connectivity index (χ0) is 22.1. The average Bonchev–Trinajstić information content (AvgIpc) is 2.93. The number of alkyl halides is 1. The summed E-state index contributed by atoms with van der Waals surface area (Å²) in [5.41, 5.74) is -0.975. The Morgan fingerprint density at radius 1 is 0.900 bits per heavy atom. The van der Waals surface area contributed by atoms with Crippen LogP contribution in [0, 0.1) is 28.6 Å². The second kappa shape index (κ2) is 7.19. The van der Waals surface area contributed by atoms with E-state index in [2.05, 4.69) is 29.8 Å². The molecule has 1 N–H and O–H groups in total. The first-order chi connectivity index (χ1) is 13.8. The zero-order valence-electron chi connectivity index (χ0n) is 19.0. The Morgan fingerprint density at radius 2 is 1.57 bits per heavy atom. The number of carbonyl (C=O) groups is 2. The topological polar surface area (TPSA) is 72.8 Å². The van der Waals surface area contributed by atoms with Crippen molar-refractivity contribution < 1.29 is 24.2 Å². The van der Waals surface area contributed by atoms with Crippen LogP contribution in [-0.4, -0.2) is 39.2 Å². The summed E-state index contributed by atoms with van der Waals surface area (Å²) in [4.78, 5) is 23.3. The van der Waals surface area contributed by atoms with E-state index in [4.69, 9.17) is 9.47 Å². The van der Waals surface area contributed by atoms with Crippen molar-refractivity contribution in [3.05, 3.63) is 0 Å². The van der Waals surface area contributed by atoms with Gasteiger partial charge in [-0.15, -0.1) is 0 Å². The minimum atomic E-state index is -0.903. The maximum atomic E-state index is 11.8. The number of hydrogen-bond donors (Lipinski definition) is 1. The van der Waals surface area contributed by atoms with E-state index in [1.807, 2.05) is 6.92 Å². The Balaban J connectivity index is 1.65. The van der Waals surface area contributed by atoms with Gasteiger partial charge in [-0.25, -0.2) is 0 Å². The maximum Gasteiger partial charge on any atom is 0.302 e. The number of rotatable bonds is 2. The molecule has 170 valence electrons. The number of carbonyl (C=O) groups excluding carboxylic acids is 2. The van der Waals surface area contributed by atoms with Crippen molar-refractivity contribution >= 4 is 27.9 Å². The minimum Gasteiger partial charge on any atom is -0.463 e. The van der Waals surface area contributed by atoms with Crippen LogP contribution in [0.1, 0.15) is 86.0 Å². The molecule has 0 bridgehead atoms. The average molecular weight is 485 g/mol. The van der Waals surface area contributed by atoms with Crippen LogP contribution in [0.5, 0.6) is 0 Å². The van der Waals surface area contributed by atoms with E-state index in [0.29, 0.717) is 24.2 Å². The highest BCUT2D eigenvalue weighted by molar-refractivity contribution is 9.10. The second-order valence-corrected chi connectivity index (χ2v) is 12.6. The van der Waals surface area contributed by atoms with Crippen molar-refractivity contribution in [1.29, 1.82) is 0 Å². The molecule has 0 aromatic heterocycles. The monoisotopic (exact) mass is 484 g/mol. The molecule has 0 aliphatic heterocycles. The molecule has 4 aliphatic carbocycles. The minimum absolute atomic E-state index is 0.000528. The number of hydrogen-bond acceptors (Lipinski definition) is 5. The molecule has 0 unspecified atom stereocenters. The van der Waals surface area contributed by atoms with Gasteiger partial charge in [0.15, 0.2) is 0 Å². The lowest BCUT2D eigenvalue weighted by molar-refractivity contribution is -0.200. The summed E-state index contributed by atoms with van der Waals surface area (Å²) in [6, 6.07) is 0. The van der Waals surface area contributed by atoms with Crippen LogP contribution in [0.3, 0.4) is 0 Å². The third-order valence-electron chi connectivity index (χ3n) is 9.70. The first-order valence-electron chi connectivity index (χ1n) is 11.6. The Bertz CT molecular complexity index is 737. The normalized spacial score (nSPS) is 52.6. The summed E-state index contributed by atoms with van der Waals surface area (Å²) in [7, 11) is 0. The van der Waals surface area contributed by atoms with Gasteiger partial charge in [0.25, 0.3) is 0 Å². The van der Waals surface area contributed by atoms with E-state index in [0.717, 1.165) is 44.9 Å². The molecule has 0 spiro atoms. The fourth-order valence-electron chi connectivity index (χ4n) is 8.29. The fraction of sp³-hybridized carbons (Fsp3) is 0.917. The highest BCUT2D eigenvalue weighted by Crippen LogP contribution is 2.71. The molecular weight excluding hydrogens is 448 g/mol. The molecule has 0 saturated heterocycles. The quantitative estimate of drug-likeness (QED) is 0.451. The van der Waals surface area contributed by atoms with Crippen LogP contribution < -0.4 is 0 Å². The van der Waals surface area contributed by atoms with Crippen molar-refractivity contribution in [1.82, 2.24) is 0 Å². The molecular formula is C24H37BrO5. The lowest BCUT2D eigenvalue weighted by Gasteiger charge is -2.68. The summed E-state index contributed by atoms with van der Waals surface area (Å²) < 4.78 is 10.9. The van der Waals surface area contributed by atoms with Gasteiger partial charge in [-0.3, -0.25) is 9.59 Å². The van der Waals surface area contributed by atoms with E-state index < -0.39 is 9.93 Å². The predicted molar refractivity (Wildman–Crippen MR) is 117 cm³/mol. The molecule has 4 saturated carbocycles. The van der Waals surface area contributed by atoms with Gasteiger partial charge >= 0.3 is 11.9 Å². The third-order valence-corrected chi connectivity index (χ3v) is 11.8. The van der Waals surface area contributed by atoms with Crippen LogP contribution in [0.25, 0.3) is 0 Å². The molecule has 4 fully saturated rings. The van der Waals surface area contributed by atoms with Crippen LogP contribution in [0.2, 0.25) is 0 Å². The van der Waals surface area contributed by atoms with Gasteiger partial charge in [0.2, 0.25) is 0 Å². The Morgan fingerprint density at radius 3 is 2.20 bits per heavy atom. The van der Waals surface area contributed by atoms with Crippen molar-refractivity contribution in [2.45, 2.75) is 108 Å². The number of fused-ring (bicyclic) bond motifs is 5. The number of esters is 2. The summed E-state index contributed by atoms with van der Waals surface area (Å²) in [6.07, 6.45) is 7.16. The molecule has 0 radical (unpaired) electrons. The van der Waals surface area contributed by atoms with Crippen molar-refractivity contribution in [3.8, 4) is 0 Å². The lowest BCUT2D eigenvalue weighted by atomic mass is 9.42. The van der Waals surface area contributed by atoms with Crippen molar-refractivity contribution in [2.24, 2.45) is 28.6 Å². The summed E-state index contributed by atoms with van der Waals surface area (Å²) >= 11 is 4.06. The van der Waals surface area contributed by atoms with E-state index in [1.54, 1.807) is 0 Å². The van der Waals surface area contributed by atoms with Crippen LogP contribution in [0.15, 0.2) is 0 Å². The Hall–Kier alpha value is -0.620. The number of ether oxygens (including phenoxy) is 2. The second-order valence-electron chi connectivity index (χ2n) is 11.3. The molecule has 0 aromatic rings. The molecule has 6 heteroatoms. The van der Waals surface area contributed by atoms with Gasteiger partial charge in [0.05, 0.1) is 9.93 Å². The van der Waals surface area contributed by atoms with Gasteiger partial charge in [0, 0.05) is 25.7 Å². The summed E-state index contributed by atoms with van der Waals surface area (Å²) in [5.74, 6) is 0.954. The molecule has 5 nitrogen and oxygen atoms in total. The van der Waals surface area contributed by atoms with Crippen LogP contribution in [-0.2, 0) is 19.1 Å². The number of halogens is 1. The van der Waals surface area contributed by atoms with E-state index in [-0.39, 0.29) is 35.0 Å². The van der Waals surface area contributed by atoms with E-state index in [1.165, 1.54) is 13.8 Å².